The number of anilines is 1. The summed E-state index contributed by atoms with van der Waals surface area (Å²) in [6, 6.07) is 14.0. The van der Waals surface area contributed by atoms with Gasteiger partial charge in [-0.1, -0.05) is 11.6 Å². The number of carbonyl (C=O) groups excluding carboxylic acids is 1. The summed E-state index contributed by atoms with van der Waals surface area (Å²) in [4.78, 5) is 17.2. The number of fused-ring (bicyclic) bond motifs is 1. The molecule has 0 bridgehead atoms. The third kappa shape index (κ3) is 5.01. The van der Waals surface area contributed by atoms with E-state index in [1.807, 2.05) is 19.9 Å². The van der Waals surface area contributed by atoms with Gasteiger partial charge in [-0.15, -0.1) is 5.10 Å². The highest BCUT2D eigenvalue weighted by molar-refractivity contribution is 6.31. The first-order valence-electron chi connectivity index (χ1n) is 10.2. The number of amides is 1. The Morgan fingerprint density at radius 3 is 2.55 bits per heavy atom. The molecule has 0 fully saturated rings. The second kappa shape index (κ2) is 9.38. The fourth-order valence-electron chi connectivity index (χ4n) is 3.43. The number of aryl methyl sites for hydroxylation is 3. The average molecular weight is 467 g/mol. The summed E-state index contributed by atoms with van der Waals surface area (Å²) in [5, 5.41) is 8.40. The summed E-state index contributed by atoms with van der Waals surface area (Å²) in [7, 11) is 3.38. The fraction of sp³-hybridized carbons (Fsp3) is 0.208. The molecule has 8 nitrogen and oxygen atoms in total. The zero-order valence-electron chi connectivity index (χ0n) is 18.7. The van der Waals surface area contributed by atoms with Crippen LogP contribution in [0.4, 0.5) is 5.69 Å². The quantitative estimate of drug-likeness (QED) is 0.409. The van der Waals surface area contributed by atoms with Gasteiger partial charge in [-0.05, 0) is 67.9 Å². The Labute approximate surface area is 196 Å². The van der Waals surface area contributed by atoms with Crippen LogP contribution in [-0.2, 0) is 11.8 Å². The normalized spacial score (nSPS) is 10.8. The molecule has 2 heterocycles. The van der Waals surface area contributed by atoms with Crippen LogP contribution in [0.15, 0.2) is 48.5 Å². The van der Waals surface area contributed by atoms with E-state index in [0.717, 1.165) is 16.6 Å². The maximum Gasteiger partial charge on any atom is 0.262 e. The van der Waals surface area contributed by atoms with Crippen molar-refractivity contribution in [2.24, 2.45) is 7.05 Å². The summed E-state index contributed by atoms with van der Waals surface area (Å²) in [6.45, 7) is 3.64. The van der Waals surface area contributed by atoms with E-state index < -0.39 is 0 Å². The van der Waals surface area contributed by atoms with E-state index in [0.29, 0.717) is 39.5 Å². The van der Waals surface area contributed by atoms with Crippen molar-refractivity contribution in [3.05, 3.63) is 64.8 Å². The second-order valence-electron chi connectivity index (χ2n) is 7.46. The van der Waals surface area contributed by atoms with E-state index in [1.165, 1.54) is 0 Å². The number of aromatic nitrogens is 3. The van der Waals surface area contributed by atoms with Gasteiger partial charge in [0.1, 0.15) is 11.5 Å². The third-order valence-electron chi connectivity index (χ3n) is 4.93. The van der Waals surface area contributed by atoms with Gasteiger partial charge in [0.15, 0.2) is 18.0 Å². The van der Waals surface area contributed by atoms with Crippen molar-refractivity contribution < 1.29 is 19.0 Å². The fourth-order valence-corrected chi connectivity index (χ4v) is 3.60. The Bertz CT molecular complexity index is 1320. The minimum atomic E-state index is -0.381. The Hall–Kier alpha value is -3.78. The van der Waals surface area contributed by atoms with Crippen LogP contribution >= 0.6 is 11.6 Å². The van der Waals surface area contributed by atoms with E-state index >= 15 is 0 Å². The Morgan fingerprint density at radius 1 is 1.09 bits per heavy atom. The number of carbonyl (C=O) groups is 1. The number of nitrogens with zero attached hydrogens (tertiary/aromatic N) is 3. The van der Waals surface area contributed by atoms with Gasteiger partial charge in [0.2, 0.25) is 5.88 Å². The molecule has 4 rings (SSSR count). The molecule has 0 spiro atoms. The molecule has 0 aliphatic carbocycles. The summed E-state index contributed by atoms with van der Waals surface area (Å²) in [5.41, 5.74) is 2.99. The Balaban J connectivity index is 1.49. The van der Waals surface area contributed by atoms with E-state index in [2.05, 4.69) is 15.4 Å². The van der Waals surface area contributed by atoms with Crippen LogP contribution in [0.3, 0.4) is 0 Å². The van der Waals surface area contributed by atoms with Gasteiger partial charge < -0.3 is 19.5 Å². The first kappa shape index (κ1) is 22.4. The predicted octanol–water partition coefficient (Wildman–Crippen LogP) is 5.06. The molecular weight excluding hydrogens is 444 g/mol. The molecule has 0 aliphatic heterocycles. The van der Waals surface area contributed by atoms with E-state index in [1.54, 1.807) is 61.3 Å². The zero-order chi connectivity index (χ0) is 23.5. The van der Waals surface area contributed by atoms with Crippen molar-refractivity contribution >= 4 is 34.2 Å². The van der Waals surface area contributed by atoms with Crippen molar-refractivity contribution in [3.63, 3.8) is 0 Å². The lowest BCUT2D eigenvalue weighted by Crippen LogP contribution is -2.20. The molecule has 1 N–H and O–H groups in total. The van der Waals surface area contributed by atoms with Crippen LogP contribution in [0.25, 0.3) is 11.0 Å². The lowest BCUT2D eigenvalue weighted by molar-refractivity contribution is -0.118. The highest BCUT2D eigenvalue weighted by atomic mass is 35.5. The molecule has 0 saturated carbocycles. The molecule has 1 amide bonds. The predicted molar refractivity (Wildman–Crippen MR) is 127 cm³/mol. The van der Waals surface area contributed by atoms with E-state index in [9.17, 15) is 4.79 Å². The molecule has 33 heavy (non-hydrogen) atoms. The Morgan fingerprint density at radius 2 is 1.82 bits per heavy atom. The van der Waals surface area contributed by atoms with Gasteiger partial charge in [-0.3, -0.25) is 4.79 Å². The van der Waals surface area contributed by atoms with Crippen molar-refractivity contribution in [1.29, 1.82) is 0 Å². The first-order valence-corrected chi connectivity index (χ1v) is 10.6. The highest BCUT2D eigenvalue weighted by Crippen LogP contribution is 2.33. The van der Waals surface area contributed by atoms with Crippen molar-refractivity contribution in [2.75, 3.05) is 19.0 Å². The maximum absolute atomic E-state index is 12.7. The van der Waals surface area contributed by atoms with Gasteiger partial charge >= 0.3 is 0 Å². The van der Waals surface area contributed by atoms with Crippen LogP contribution in [0.2, 0.25) is 5.02 Å². The number of methoxy groups -OCH3 is 1. The van der Waals surface area contributed by atoms with Gasteiger partial charge in [0.05, 0.1) is 18.2 Å². The first-order chi connectivity index (χ1) is 15.8. The van der Waals surface area contributed by atoms with Crippen LogP contribution in [0, 0.1) is 13.8 Å². The molecule has 0 saturated heterocycles. The Kier molecular flexibility index (Phi) is 6.37. The second-order valence-corrected chi connectivity index (χ2v) is 7.90. The SMILES string of the molecule is COc1ccc(Oc2ccc(Cl)cc2NC(=O)COc2nn(C)c3nc(C)cc(C)c23)cc1. The molecule has 0 unspecified atom stereocenters. The summed E-state index contributed by atoms with van der Waals surface area (Å²) >= 11 is 6.14. The molecule has 0 atom stereocenters. The summed E-state index contributed by atoms with van der Waals surface area (Å²) in [5.74, 6) is 1.72. The number of rotatable bonds is 7. The number of benzene rings is 2. The lowest BCUT2D eigenvalue weighted by Gasteiger charge is -2.13. The van der Waals surface area contributed by atoms with Crippen molar-refractivity contribution in [3.8, 4) is 23.1 Å². The van der Waals surface area contributed by atoms with Gasteiger partial charge in [-0.2, -0.15) is 0 Å². The zero-order valence-corrected chi connectivity index (χ0v) is 19.4. The molecule has 9 heteroatoms. The number of halogens is 1. The summed E-state index contributed by atoms with van der Waals surface area (Å²) in [6.07, 6.45) is 0. The number of hydrogen-bond acceptors (Lipinski definition) is 6. The number of ether oxygens (including phenoxy) is 3. The van der Waals surface area contributed by atoms with Crippen molar-refractivity contribution in [1.82, 2.24) is 14.8 Å². The van der Waals surface area contributed by atoms with E-state index in [-0.39, 0.29) is 12.5 Å². The molecule has 170 valence electrons. The molecule has 2 aromatic heterocycles. The van der Waals surface area contributed by atoms with Crippen molar-refractivity contribution in [2.45, 2.75) is 13.8 Å². The monoisotopic (exact) mass is 466 g/mol. The molecule has 4 aromatic rings. The molecule has 0 radical (unpaired) electrons. The highest BCUT2D eigenvalue weighted by Gasteiger charge is 2.17. The van der Waals surface area contributed by atoms with Crippen LogP contribution in [0.5, 0.6) is 23.1 Å². The van der Waals surface area contributed by atoms with Crippen LogP contribution in [0.1, 0.15) is 11.3 Å². The maximum atomic E-state index is 12.7. The summed E-state index contributed by atoms with van der Waals surface area (Å²) < 4.78 is 18.5. The standard InChI is InChI=1S/C24H23ClN4O4/c1-14-11-15(2)26-23-22(14)24(28-29(23)3)32-13-21(30)27-19-12-16(25)5-10-20(19)33-18-8-6-17(31-4)7-9-18/h5-12H,13H2,1-4H3,(H,27,30). The number of nitrogens with one attached hydrogen (secondary N) is 1. The van der Waals surface area contributed by atoms with Crippen LogP contribution < -0.4 is 19.5 Å². The average Bonchev–Trinajstić information content (AvgIpc) is 3.10. The topological polar surface area (TPSA) is 87.5 Å². The lowest BCUT2D eigenvalue weighted by atomic mass is 10.2. The van der Waals surface area contributed by atoms with Gasteiger partial charge in [0, 0.05) is 17.8 Å². The largest absolute Gasteiger partial charge is 0.497 e. The van der Waals surface area contributed by atoms with E-state index in [4.69, 9.17) is 25.8 Å². The number of pyridine rings is 1. The third-order valence-corrected chi connectivity index (χ3v) is 5.16. The van der Waals surface area contributed by atoms with Crippen LogP contribution in [-0.4, -0.2) is 34.4 Å². The number of hydrogen-bond donors (Lipinski definition) is 1. The minimum absolute atomic E-state index is 0.242. The molecular formula is C24H23ClN4O4. The van der Waals surface area contributed by atoms with Gasteiger partial charge in [0.25, 0.3) is 5.91 Å². The minimum Gasteiger partial charge on any atom is -0.497 e. The molecule has 2 aromatic carbocycles. The smallest absolute Gasteiger partial charge is 0.262 e. The van der Waals surface area contributed by atoms with Gasteiger partial charge in [-0.25, -0.2) is 9.67 Å². The molecule has 0 aliphatic rings.